The Hall–Kier alpha value is -2.45. The number of rotatable bonds is 7. The predicted octanol–water partition coefficient (Wildman–Crippen LogP) is 0.975. The monoisotopic (exact) mass is 374 g/mol. The van der Waals surface area contributed by atoms with Crippen molar-refractivity contribution in [1.29, 1.82) is 0 Å². The SMILES string of the molecule is COc1cccc(C[C@@]2(C(=O)O)CN(CCn3cnnc3C)CC[C@H]2O)c1. The Morgan fingerprint density at radius 2 is 2.22 bits per heavy atom. The highest BCUT2D eigenvalue weighted by Crippen LogP contribution is 2.35. The van der Waals surface area contributed by atoms with Crippen LogP contribution < -0.4 is 4.74 Å². The lowest BCUT2D eigenvalue weighted by Gasteiger charge is -2.43. The van der Waals surface area contributed by atoms with Crippen LogP contribution in [0.15, 0.2) is 30.6 Å². The standard InChI is InChI=1S/C19H26N4O4/c1-14-21-20-13-23(14)9-8-22-7-6-17(24)19(12-22,18(25)26)11-15-4-3-5-16(10-15)27-2/h3-5,10,13,17,24H,6-9,11-12H2,1-2H3,(H,25,26)/t17-,19-/m1/s1. The fourth-order valence-electron chi connectivity index (χ4n) is 3.74. The Kier molecular flexibility index (Phi) is 5.76. The first-order valence-electron chi connectivity index (χ1n) is 9.06. The topological polar surface area (TPSA) is 101 Å². The molecule has 0 aliphatic carbocycles. The van der Waals surface area contributed by atoms with Gasteiger partial charge in [-0.3, -0.25) is 4.79 Å². The number of aliphatic hydroxyl groups excluding tert-OH is 1. The molecule has 0 saturated carbocycles. The Labute approximate surface area is 158 Å². The summed E-state index contributed by atoms with van der Waals surface area (Å²) in [6.45, 7) is 4.21. The zero-order valence-electron chi connectivity index (χ0n) is 15.7. The molecule has 1 aliphatic heterocycles. The van der Waals surface area contributed by atoms with Crippen LogP contribution in [0.1, 0.15) is 17.8 Å². The first kappa shape index (κ1) is 19.3. The van der Waals surface area contributed by atoms with Gasteiger partial charge in [0.05, 0.1) is 13.2 Å². The summed E-state index contributed by atoms with van der Waals surface area (Å²) in [6, 6.07) is 7.36. The average Bonchev–Trinajstić information content (AvgIpc) is 3.07. The Balaban J connectivity index is 1.77. The van der Waals surface area contributed by atoms with Crippen LogP contribution in [0.4, 0.5) is 0 Å². The average molecular weight is 374 g/mol. The minimum atomic E-state index is -1.24. The quantitative estimate of drug-likeness (QED) is 0.745. The van der Waals surface area contributed by atoms with E-state index < -0.39 is 17.5 Å². The number of likely N-dealkylation sites (tertiary alicyclic amines) is 1. The molecular weight excluding hydrogens is 348 g/mol. The number of aromatic nitrogens is 3. The van der Waals surface area contributed by atoms with E-state index in [1.54, 1.807) is 13.4 Å². The van der Waals surface area contributed by atoms with Gasteiger partial charge in [-0.1, -0.05) is 12.1 Å². The van der Waals surface area contributed by atoms with Crippen molar-refractivity contribution in [3.05, 3.63) is 42.0 Å². The molecule has 146 valence electrons. The lowest BCUT2D eigenvalue weighted by Crippen LogP contribution is -2.57. The number of ether oxygens (including phenoxy) is 1. The molecule has 3 rings (SSSR count). The van der Waals surface area contributed by atoms with E-state index in [-0.39, 0.29) is 6.42 Å². The molecule has 1 aromatic carbocycles. The van der Waals surface area contributed by atoms with Crippen molar-refractivity contribution in [2.24, 2.45) is 5.41 Å². The first-order valence-corrected chi connectivity index (χ1v) is 9.06. The Bertz CT molecular complexity index is 794. The second kappa shape index (κ2) is 8.06. The fraction of sp³-hybridized carbons (Fsp3) is 0.526. The number of aliphatic hydroxyl groups is 1. The molecule has 0 unspecified atom stereocenters. The van der Waals surface area contributed by atoms with Gasteiger partial charge in [0.15, 0.2) is 0 Å². The van der Waals surface area contributed by atoms with Crippen molar-refractivity contribution < 1.29 is 19.7 Å². The molecule has 0 radical (unpaired) electrons. The van der Waals surface area contributed by atoms with Gasteiger partial charge in [-0.2, -0.15) is 0 Å². The minimum absolute atomic E-state index is 0.253. The Morgan fingerprint density at radius 1 is 1.41 bits per heavy atom. The van der Waals surface area contributed by atoms with Gasteiger partial charge in [-0.15, -0.1) is 10.2 Å². The molecular formula is C19H26N4O4. The molecule has 1 fully saturated rings. The number of piperidine rings is 1. The summed E-state index contributed by atoms with van der Waals surface area (Å²) in [5.74, 6) is 0.536. The fourth-order valence-corrected chi connectivity index (χ4v) is 3.74. The number of aliphatic carboxylic acids is 1. The molecule has 0 amide bonds. The van der Waals surface area contributed by atoms with E-state index in [0.717, 1.165) is 11.4 Å². The number of hydrogen-bond donors (Lipinski definition) is 2. The maximum atomic E-state index is 12.2. The largest absolute Gasteiger partial charge is 0.497 e. The van der Waals surface area contributed by atoms with Gasteiger partial charge in [0.25, 0.3) is 0 Å². The van der Waals surface area contributed by atoms with Crippen LogP contribution in [0.2, 0.25) is 0 Å². The van der Waals surface area contributed by atoms with E-state index in [9.17, 15) is 15.0 Å². The highest BCUT2D eigenvalue weighted by Gasteiger charge is 2.49. The zero-order valence-corrected chi connectivity index (χ0v) is 15.7. The van der Waals surface area contributed by atoms with Crippen LogP contribution in [0.25, 0.3) is 0 Å². The number of carbonyl (C=O) groups is 1. The summed E-state index contributed by atoms with van der Waals surface area (Å²) in [4.78, 5) is 14.3. The summed E-state index contributed by atoms with van der Waals surface area (Å²) in [5.41, 5.74) is -0.403. The number of nitrogens with zero attached hydrogens (tertiary/aromatic N) is 4. The van der Waals surface area contributed by atoms with Crippen molar-refractivity contribution in [3.8, 4) is 5.75 Å². The van der Waals surface area contributed by atoms with Crippen molar-refractivity contribution in [1.82, 2.24) is 19.7 Å². The molecule has 2 N–H and O–H groups in total. The number of carboxylic acids is 1. The van der Waals surface area contributed by atoms with E-state index >= 15 is 0 Å². The molecule has 0 spiro atoms. The zero-order chi connectivity index (χ0) is 19.4. The minimum Gasteiger partial charge on any atom is -0.497 e. The number of aryl methyl sites for hydroxylation is 1. The summed E-state index contributed by atoms with van der Waals surface area (Å²) < 4.78 is 7.18. The molecule has 2 heterocycles. The van der Waals surface area contributed by atoms with E-state index in [2.05, 4.69) is 15.1 Å². The summed E-state index contributed by atoms with van der Waals surface area (Å²) in [6.07, 6.45) is 1.46. The van der Waals surface area contributed by atoms with Gasteiger partial charge < -0.3 is 24.4 Å². The highest BCUT2D eigenvalue weighted by atomic mass is 16.5. The molecule has 2 aromatic rings. The van der Waals surface area contributed by atoms with Gasteiger partial charge in [0.2, 0.25) is 0 Å². The van der Waals surface area contributed by atoms with Crippen molar-refractivity contribution >= 4 is 5.97 Å². The van der Waals surface area contributed by atoms with Gasteiger partial charge in [-0.25, -0.2) is 0 Å². The van der Waals surface area contributed by atoms with E-state index in [0.29, 0.717) is 38.3 Å². The van der Waals surface area contributed by atoms with Gasteiger partial charge in [-0.05, 0) is 37.5 Å². The predicted molar refractivity (Wildman–Crippen MR) is 98.6 cm³/mol. The molecule has 8 nitrogen and oxygen atoms in total. The summed E-state index contributed by atoms with van der Waals surface area (Å²) in [5, 5.41) is 28.5. The molecule has 27 heavy (non-hydrogen) atoms. The van der Waals surface area contributed by atoms with Crippen molar-refractivity contribution in [2.45, 2.75) is 32.4 Å². The Morgan fingerprint density at radius 3 is 2.89 bits per heavy atom. The van der Waals surface area contributed by atoms with Crippen molar-refractivity contribution in [2.75, 3.05) is 26.7 Å². The van der Waals surface area contributed by atoms with Gasteiger partial charge in [0.1, 0.15) is 23.3 Å². The summed E-state index contributed by atoms with van der Waals surface area (Å²) in [7, 11) is 1.58. The van der Waals surface area contributed by atoms with E-state index in [4.69, 9.17) is 4.74 Å². The van der Waals surface area contributed by atoms with Crippen LogP contribution in [-0.2, 0) is 17.8 Å². The molecule has 2 atom stereocenters. The lowest BCUT2D eigenvalue weighted by atomic mass is 9.73. The van der Waals surface area contributed by atoms with Crippen LogP contribution in [0, 0.1) is 12.3 Å². The normalized spacial score (nSPS) is 23.3. The van der Waals surface area contributed by atoms with Crippen LogP contribution in [0.3, 0.4) is 0 Å². The maximum absolute atomic E-state index is 12.2. The van der Waals surface area contributed by atoms with Crippen LogP contribution in [-0.4, -0.2) is 68.7 Å². The third-order valence-corrected chi connectivity index (χ3v) is 5.41. The number of hydrogen-bond acceptors (Lipinski definition) is 6. The molecule has 0 bridgehead atoms. The third-order valence-electron chi connectivity index (χ3n) is 5.41. The van der Waals surface area contributed by atoms with Crippen LogP contribution in [0.5, 0.6) is 5.75 Å². The molecule has 1 aliphatic rings. The van der Waals surface area contributed by atoms with E-state index in [1.165, 1.54) is 0 Å². The van der Waals surface area contributed by atoms with Gasteiger partial charge >= 0.3 is 5.97 Å². The maximum Gasteiger partial charge on any atom is 0.313 e. The molecule has 1 aromatic heterocycles. The summed E-state index contributed by atoms with van der Waals surface area (Å²) >= 11 is 0. The smallest absolute Gasteiger partial charge is 0.313 e. The third kappa shape index (κ3) is 4.12. The van der Waals surface area contributed by atoms with Crippen LogP contribution >= 0.6 is 0 Å². The second-order valence-electron chi connectivity index (χ2n) is 7.14. The number of methoxy groups -OCH3 is 1. The molecule has 8 heteroatoms. The van der Waals surface area contributed by atoms with Crippen molar-refractivity contribution in [3.63, 3.8) is 0 Å². The number of carboxylic acid groups (broad SMARTS) is 1. The first-order chi connectivity index (χ1) is 12.9. The number of benzene rings is 1. The van der Waals surface area contributed by atoms with Gasteiger partial charge in [0, 0.05) is 26.2 Å². The lowest BCUT2D eigenvalue weighted by molar-refractivity contribution is -0.163. The second-order valence-corrected chi connectivity index (χ2v) is 7.14. The highest BCUT2D eigenvalue weighted by molar-refractivity contribution is 5.76. The molecule has 1 saturated heterocycles. The van der Waals surface area contributed by atoms with E-state index in [1.807, 2.05) is 35.8 Å².